The second-order valence-electron chi connectivity index (χ2n) is 5.41. The maximum absolute atomic E-state index is 14.3. The Morgan fingerprint density at radius 2 is 1.92 bits per heavy atom. The first-order valence-corrected chi connectivity index (χ1v) is 7.40. The van der Waals surface area contributed by atoms with Crippen LogP contribution in [0.1, 0.15) is 17.0 Å². The van der Waals surface area contributed by atoms with Crippen molar-refractivity contribution >= 4 is 5.82 Å². The number of halogens is 4. The van der Waals surface area contributed by atoms with Crippen LogP contribution in [0.2, 0.25) is 0 Å². The molecular formula is C17H14F4N4. The number of nitrogens with one attached hydrogen (secondary N) is 1. The molecule has 0 spiro atoms. The van der Waals surface area contributed by atoms with Gasteiger partial charge < -0.3 is 9.88 Å². The number of aryl methyl sites for hydroxylation is 1. The van der Waals surface area contributed by atoms with E-state index >= 15 is 0 Å². The van der Waals surface area contributed by atoms with E-state index in [1.54, 1.807) is 36.0 Å². The summed E-state index contributed by atoms with van der Waals surface area (Å²) in [5.74, 6) is 0.530. The molecule has 0 unspecified atom stereocenters. The monoisotopic (exact) mass is 350 g/mol. The van der Waals surface area contributed by atoms with E-state index in [1.807, 2.05) is 0 Å². The predicted molar refractivity (Wildman–Crippen MR) is 84.8 cm³/mol. The van der Waals surface area contributed by atoms with Gasteiger partial charge in [-0.3, -0.25) is 0 Å². The first kappa shape index (κ1) is 16.9. The van der Waals surface area contributed by atoms with Gasteiger partial charge in [-0.25, -0.2) is 14.4 Å². The van der Waals surface area contributed by atoms with Crippen molar-refractivity contribution in [2.24, 2.45) is 0 Å². The Hall–Kier alpha value is -2.90. The van der Waals surface area contributed by atoms with Crippen LogP contribution >= 0.6 is 0 Å². The van der Waals surface area contributed by atoms with Gasteiger partial charge in [0.05, 0.1) is 11.3 Å². The number of benzene rings is 1. The van der Waals surface area contributed by atoms with Crippen molar-refractivity contribution < 1.29 is 17.6 Å². The number of pyridine rings is 1. The van der Waals surface area contributed by atoms with Crippen molar-refractivity contribution in [3.63, 3.8) is 0 Å². The average molecular weight is 350 g/mol. The lowest BCUT2D eigenvalue weighted by molar-refractivity contribution is -0.137. The first-order chi connectivity index (χ1) is 11.8. The lowest BCUT2D eigenvalue weighted by Gasteiger charge is -2.11. The SMILES string of the molecule is Cc1nccn1-c1ccc(CNc2ccc(C(F)(F)F)cn2)cc1F. The van der Waals surface area contributed by atoms with Gasteiger partial charge in [-0.1, -0.05) is 6.07 Å². The number of hydrogen-bond acceptors (Lipinski definition) is 3. The molecule has 0 saturated carbocycles. The predicted octanol–water partition coefficient (Wildman–Crippen LogP) is 4.35. The Morgan fingerprint density at radius 3 is 2.48 bits per heavy atom. The van der Waals surface area contributed by atoms with E-state index in [9.17, 15) is 17.6 Å². The highest BCUT2D eigenvalue weighted by molar-refractivity contribution is 5.41. The van der Waals surface area contributed by atoms with Gasteiger partial charge in [-0.2, -0.15) is 13.2 Å². The van der Waals surface area contributed by atoms with Gasteiger partial charge in [0.25, 0.3) is 0 Å². The van der Waals surface area contributed by atoms with E-state index in [0.717, 1.165) is 12.3 Å². The van der Waals surface area contributed by atoms with Crippen molar-refractivity contribution in [1.29, 1.82) is 0 Å². The average Bonchev–Trinajstić information content (AvgIpc) is 2.98. The number of aromatic nitrogens is 3. The number of anilines is 1. The zero-order valence-electron chi connectivity index (χ0n) is 13.2. The number of imidazole rings is 1. The second-order valence-corrected chi connectivity index (χ2v) is 5.41. The van der Waals surface area contributed by atoms with Crippen LogP contribution in [0.3, 0.4) is 0 Å². The second kappa shape index (κ2) is 6.54. The molecule has 0 atom stereocenters. The minimum Gasteiger partial charge on any atom is -0.366 e. The quantitative estimate of drug-likeness (QED) is 0.712. The zero-order valence-corrected chi connectivity index (χ0v) is 13.2. The van der Waals surface area contributed by atoms with E-state index < -0.39 is 17.6 Å². The molecule has 1 N–H and O–H groups in total. The molecule has 0 amide bonds. The van der Waals surface area contributed by atoms with E-state index in [-0.39, 0.29) is 12.4 Å². The summed E-state index contributed by atoms with van der Waals surface area (Å²) in [5, 5.41) is 2.87. The Kier molecular flexibility index (Phi) is 4.43. The highest BCUT2D eigenvalue weighted by Gasteiger charge is 2.30. The van der Waals surface area contributed by atoms with Crippen molar-refractivity contribution in [2.75, 3.05) is 5.32 Å². The summed E-state index contributed by atoms with van der Waals surface area (Å²) in [7, 11) is 0. The van der Waals surface area contributed by atoms with E-state index in [4.69, 9.17) is 0 Å². The van der Waals surface area contributed by atoms with Crippen LogP contribution < -0.4 is 5.32 Å². The van der Waals surface area contributed by atoms with Crippen LogP contribution in [0.5, 0.6) is 0 Å². The van der Waals surface area contributed by atoms with Gasteiger partial charge >= 0.3 is 6.18 Å². The summed E-state index contributed by atoms with van der Waals surface area (Å²) in [6.45, 7) is 2.00. The Morgan fingerprint density at radius 1 is 1.12 bits per heavy atom. The molecule has 0 saturated heterocycles. The summed E-state index contributed by atoms with van der Waals surface area (Å²) in [6.07, 6.45) is -0.415. The van der Waals surface area contributed by atoms with Crippen molar-refractivity contribution in [2.45, 2.75) is 19.6 Å². The molecule has 8 heteroatoms. The van der Waals surface area contributed by atoms with E-state index in [0.29, 0.717) is 17.1 Å². The van der Waals surface area contributed by atoms with Gasteiger partial charge in [0.2, 0.25) is 0 Å². The topological polar surface area (TPSA) is 42.7 Å². The molecule has 0 aliphatic carbocycles. The largest absolute Gasteiger partial charge is 0.417 e. The third kappa shape index (κ3) is 3.78. The number of rotatable bonds is 4. The molecule has 0 fully saturated rings. The first-order valence-electron chi connectivity index (χ1n) is 7.40. The van der Waals surface area contributed by atoms with Gasteiger partial charge in [-0.05, 0) is 36.8 Å². The smallest absolute Gasteiger partial charge is 0.366 e. The van der Waals surface area contributed by atoms with Gasteiger partial charge in [0.1, 0.15) is 17.5 Å². The maximum atomic E-state index is 14.3. The van der Waals surface area contributed by atoms with Crippen LogP contribution in [-0.4, -0.2) is 14.5 Å². The molecule has 0 bridgehead atoms. The fourth-order valence-electron chi connectivity index (χ4n) is 2.35. The molecule has 1 aromatic carbocycles. The summed E-state index contributed by atoms with van der Waals surface area (Å²) in [6, 6.07) is 6.91. The van der Waals surface area contributed by atoms with Crippen LogP contribution in [0.4, 0.5) is 23.4 Å². The maximum Gasteiger partial charge on any atom is 0.417 e. The molecule has 0 radical (unpaired) electrons. The molecule has 3 aromatic rings. The molecule has 0 aliphatic heterocycles. The Labute approximate surface area is 141 Å². The summed E-state index contributed by atoms with van der Waals surface area (Å²) in [5.41, 5.74) is 0.205. The molecule has 3 rings (SSSR count). The van der Waals surface area contributed by atoms with Crippen LogP contribution in [0.25, 0.3) is 5.69 Å². The van der Waals surface area contributed by atoms with Gasteiger partial charge in [0, 0.05) is 25.1 Å². The molecule has 4 nitrogen and oxygen atoms in total. The summed E-state index contributed by atoms with van der Waals surface area (Å²) < 4.78 is 53.4. The molecule has 2 aromatic heterocycles. The van der Waals surface area contributed by atoms with Gasteiger partial charge in [0.15, 0.2) is 0 Å². The van der Waals surface area contributed by atoms with E-state index in [2.05, 4.69) is 15.3 Å². The molecule has 25 heavy (non-hydrogen) atoms. The minimum absolute atomic E-state index is 0.235. The molecule has 2 heterocycles. The standard InChI is InChI=1S/C17H14F4N4/c1-11-22-6-7-25(11)15-4-2-12(8-14(15)18)9-23-16-5-3-13(10-24-16)17(19,20)21/h2-8,10H,9H2,1H3,(H,23,24). The summed E-state index contributed by atoms with van der Waals surface area (Å²) in [4.78, 5) is 7.77. The zero-order chi connectivity index (χ0) is 18.0. The Bertz CT molecular complexity index is 869. The fourth-order valence-corrected chi connectivity index (χ4v) is 2.35. The van der Waals surface area contributed by atoms with Crippen molar-refractivity contribution in [3.05, 3.63) is 71.7 Å². The third-order valence-corrected chi connectivity index (χ3v) is 3.66. The summed E-state index contributed by atoms with van der Waals surface area (Å²) >= 11 is 0. The third-order valence-electron chi connectivity index (χ3n) is 3.66. The molecule has 130 valence electrons. The highest BCUT2D eigenvalue weighted by Crippen LogP contribution is 2.28. The lowest BCUT2D eigenvalue weighted by atomic mass is 10.2. The van der Waals surface area contributed by atoms with Crippen LogP contribution in [0.15, 0.2) is 48.9 Å². The van der Waals surface area contributed by atoms with E-state index in [1.165, 1.54) is 12.1 Å². The highest BCUT2D eigenvalue weighted by atomic mass is 19.4. The van der Waals surface area contributed by atoms with Crippen molar-refractivity contribution in [3.8, 4) is 5.69 Å². The normalized spacial score (nSPS) is 11.6. The van der Waals surface area contributed by atoms with Gasteiger partial charge in [-0.15, -0.1) is 0 Å². The fraction of sp³-hybridized carbons (Fsp3) is 0.176. The molecule has 0 aliphatic rings. The minimum atomic E-state index is -4.42. The number of hydrogen-bond donors (Lipinski definition) is 1. The Balaban J connectivity index is 1.70. The number of alkyl halides is 3. The molecular weight excluding hydrogens is 336 g/mol. The lowest BCUT2D eigenvalue weighted by Crippen LogP contribution is -2.07. The van der Waals surface area contributed by atoms with Crippen molar-refractivity contribution in [1.82, 2.24) is 14.5 Å². The number of nitrogens with zero attached hydrogens (tertiary/aromatic N) is 3. The van der Waals surface area contributed by atoms with Crippen LogP contribution in [-0.2, 0) is 12.7 Å². The van der Waals surface area contributed by atoms with Crippen LogP contribution in [0, 0.1) is 12.7 Å².